The predicted octanol–water partition coefficient (Wildman–Crippen LogP) is 2.60. The van der Waals surface area contributed by atoms with Crippen molar-refractivity contribution in [1.29, 1.82) is 0 Å². The molecule has 0 saturated carbocycles. The second-order valence-electron chi connectivity index (χ2n) is 4.25. The number of nitrogens with one attached hydrogen (secondary N) is 1. The summed E-state index contributed by atoms with van der Waals surface area (Å²) >= 11 is 3.37. The van der Waals surface area contributed by atoms with Gasteiger partial charge in [-0.1, -0.05) is 22.9 Å². The largest absolute Gasteiger partial charge is 0.481 e. The Morgan fingerprint density at radius 1 is 1.44 bits per heavy atom. The van der Waals surface area contributed by atoms with Gasteiger partial charge >= 0.3 is 5.97 Å². The van der Waals surface area contributed by atoms with Crippen LogP contribution in [0.3, 0.4) is 0 Å². The number of aliphatic carboxylic acids is 1. The zero-order chi connectivity index (χ0) is 13.7. The molecular formula is C13H16BrNO3. The Labute approximate surface area is 115 Å². The van der Waals surface area contributed by atoms with Gasteiger partial charge in [-0.15, -0.1) is 0 Å². The van der Waals surface area contributed by atoms with Crippen LogP contribution in [-0.2, 0) is 4.79 Å². The maximum absolute atomic E-state index is 11.8. The van der Waals surface area contributed by atoms with Gasteiger partial charge in [0.05, 0.1) is 5.92 Å². The van der Waals surface area contributed by atoms with E-state index in [0.717, 1.165) is 10.0 Å². The second-order valence-corrected chi connectivity index (χ2v) is 5.10. The molecule has 0 fully saturated rings. The number of hydrogen-bond acceptors (Lipinski definition) is 2. The van der Waals surface area contributed by atoms with E-state index in [1.165, 1.54) is 0 Å². The van der Waals surface area contributed by atoms with Crippen LogP contribution in [0.4, 0.5) is 0 Å². The molecule has 2 N–H and O–H groups in total. The quantitative estimate of drug-likeness (QED) is 0.878. The molecule has 0 aliphatic heterocycles. The van der Waals surface area contributed by atoms with Crippen molar-refractivity contribution < 1.29 is 14.7 Å². The number of hydrogen-bond donors (Lipinski definition) is 2. The lowest BCUT2D eigenvalue weighted by Gasteiger charge is -2.08. The fourth-order valence-corrected chi connectivity index (χ4v) is 1.66. The molecule has 0 heterocycles. The Kier molecular flexibility index (Phi) is 5.34. The van der Waals surface area contributed by atoms with E-state index >= 15 is 0 Å². The summed E-state index contributed by atoms with van der Waals surface area (Å²) in [5, 5.41) is 11.4. The highest BCUT2D eigenvalue weighted by Gasteiger charge is 2.11. The van der Waals surface area contributed by atoms with Crippen LogP contribution in [0.1, 0.15) is 29.3 Å². The number of aryl methyl sites for hydroxylation is 1. The van der Waals surface area contributed by atoms with Gasteiger partial charge in [0.2, 0.25) is 0 Å². The van der Waals surface area contributed by atoms with Crippen LogP contribution in [0.5, 0.6) is 0 Å². The monoisotopic (exact) mass is 313 g/mol. The van der Waals surface area contributed by atoms with E-state index in [1.807, 2.05) is 13.0 Å². The minimum absolute atomic E-state index is 0.178. The molecule has 0 aliphatic rings. The van der Waals surface area contributed by atoms with Crippen molar-refractivity contribution in [2.24, 2.45) is 5.92 Å². The molecule has 1 aromatic carbocycles. The normalized spacial score (nSPS) is 11.9. The molecule has 0 aliphatic carbocycles. The summed E-state index contributed by atoms with van der Waals surface area (Å²) in [6.07, 6.45) is 0.427. The maximum atomic E-state index is 11.8. The van der Waals surface area contributed by atoms with Crippen LogP contribution < -0.4 is 5.32 Å². The molecule has 4 nitrogen and oxygen atoms in total. The van der Waals surface area contributed by atoms with Gasteiger partial charge in [0.1, 0.15) is 0 Å². The van der Waals surface area contributed by atoms with Crippen molar-refractivity contribution in [2.45, 2.75) is 20.3 Å². The first kappa shape index (κ1) is 14.7. The Morgan fingerprint density at radius 2 is 2.11 bits per heavy atom. The van der Waals surface area contributed by atoms with Gasteiger partial charge in [0.15, 0.2) is 0 Å². The van der Waals surface area contributed by atoms with E-state index in [-0.39, 0.29) is 5.91 Å². The fraction of sp³-hybridized carbons (Fsp3) is 0.385. The lowest BCUT2D eigenvalue weighted by molar-refractivity contribution is -0.141. The third kappa shape index (κ3) is 4.14. The van der Waals surface area contributed by atoms with E-state index in [4.69, 9.17) is 5.11 Å². The van der Waals surface area contributed by atoms with Gasteiger partial charge in [-0.25, -0.2) is 0 Å². The van der Waals surface area contributed by atoms with Crippen LogP contribution in [0, 0.1) is 12.8 Å². The van der Waals surface area contributed by atoms with Crippen molar-refractivity contribution in [3.05, 3.63) is 33.8 Å². The molecular weight excluding hydrogens is 298 g/mol. The van der Waals surface area contributed by atoms with E-state index in [2.05, 4.69) is 21.2 Å². The molecule has 0 aromatic heterocycles. The summed E-state index contributed by atoms with van der Waals surface area (Å²) in [6, 6.07) is 5.34. The fourth-order valence-electron chi connectivity index (χ4n) is 1.41. The minimum atomic E-state index is -0.844. The Balaban J connectivity index is 2.50. The molecule has 1 aromatic rings. The van der Waals surface area contributed by atoms with E-state index in [9.17, 15) is 9.59 Å². The van der Waals surface area contributed by atoms with E-state index in [0.29, 0.717) is 18.5 Å². The number of amides is 1. The number of rotatable bonds is 5. The van der Waals surface area contributed by atoms with Crippen LogP contribution in [-0.4, -0.2) is 23.5 Å². The molecule has 18 heavy (non-hydrogen) atoms. The maximum Gasteiger partial charge on any atom is 0.306 e. The molecule has 1 atom stereocenters. The van der Waals surface area contributed by atoms with E-state index in [1.54, 1.807) is 19.1 Å². The van der Waals surface area contributed by atoms with Crippen molar-refractivity contribution in [3.63, 3.8) is 0 Å². The van der Waals surface area contributed by atoms with Gasteiger partial charge in [0, 0.05) is 16.6 Å². The number of carbonyl (C=O) groups excluding carboxylic acids is 1. The highest BCUT2D eigenvalue weighted by Crippen LogP contribution is 2.17. The number of benzene rings is 1. The molecule has 1 amide bonds. The lowest BCUT2D eigenvalue weighted by Crippen LogP contribution is -2.27. The molecule has 5 heteroatoms. The number of carboxylic acids is 1. The Bertz CT molecular complexity index is 460. The number of carboxylic acid groups (broad SMARTS) is 1. The Morgan fingerprint density at radius 3 is 2.67 bits per heavy atom. The van der Waals surface area contributed by atoms with Crippen LogP contribution in [0.25, 0.3) is 0 Å². The van der Waals surface area contributed by atoms with Gasteiger partial charge in [0.25, 0.3) is 5.91 Å². The molecule has 0 spiro atoms. The number of halogens is 1. The van der Waals surface area contributed by atoms with Gasteiger partial charge in [-0.2, -0.15) is 0 Å². The summed E-state index contributed by atoms with van der Waals surface area (Å²) in [7, 11) is 0. The van der Waals surface area contributed by atoms with Crippen molar-refractivity contribution in [3.8, 4) is 0 Å². The molecule has 0 saturated heterocycles. The number of carbonyl (C=O) groups is 2. The van der Waals surface area contributed by atoms with Crippen LogP contribution in [0.15, 0.2) is 22.7 Å². The highest BCUT2D eigenvalue weighted by atomic mass is 79.9. The van der Waals surface area contributed by atoms with E-state index < -0.39 is 11.9 Å². The van der Waals surface area contributed by atoms with Crippen molar-refractivity contribution in [2.75, 3.05) is 6.54 Å². The smallest absolute Gasteiger partial charge is 0.306 e. The lowest BCUT2D eigenvalue weighted by atomic mass is 10.1. The Hall–Kier alpha value is -1.36. The molecule has 0 bridgehead atoms. The summed E-state index contributed by atoms with van der Waals surface area (Å²) in [5.41, 5.74) is 1.57. The highest BCUT2D eigenvalue weighted by molar-refractivity contribution is 9.10. The molecule has 0 radical (unpaired) electrons. The van der Waals surface area contributed by atoms with Crippen molar-refractivity contribution >= 4 is 27.8 Å². The summed E-state index contributed by atoms with van der Waals surface area (Å²) < 4.78 is 0.957. The zero-order valence-corrected chi connectivity index (χ0v) is 12.0. The standard InChI is InChI=1S/C13H16BrNO3/c1-8(13(17)18)5-6-15-12(16)10-3-4-11(14)9(2)7-10/h3-4,7-8H,5-6H2,1-2H3,(H,15,16)(H,17,18). The third-order valence-electron chi connectivity index (χ3n) is 2.70. The molecule has 1 unspecified atom stereocenters. The van der Waals surface area contributed by atoms with Gasteiger partial charge in [-0.05, 0) is 37.1 Å². The van der Waals surface area contributed by atoms with Crippen molar-refractivity contribution in [1.82, 2.24) is 5.32 Å². The topological polar surface area (TPSA) is 66.4 Å². The predicted molar refractivity (Wildman–Crippen MR) is 72.6 cm³/mol. The molecule has 1 rings (SSSR count). The van der Waals surface area contributed by atoms with Crippen LogP contribution in [0.2, 0.25) is 0 Å². The minimum Gasteiger partial charge on any atom is -0.481 e. The third-order valence-corrected chi connectivity index (χ3v) is 3.59. The van der Waals surface area contributed by atoms with Gasteiger partial charge < -0.3 is 10.4 Å². The van der Waals surface area contributed by atoms with Gasteiger partial charge in [-0.3, -0.25) is 9.59 Å². The average Bonchev–Trinajstić information content (AvgIpc) is 2.32. The summed E-state index contributed by atoms with van der Waals surface area (Å²) in [6.45, 7) is 3.90. The second kappa shape index (κ2) is 6.54. The average molecular weight is 314 g/mol. The van der Waals surface area contributed by atoms with Crippen LogP contribution >= 0.6 is 15.9 Å². The zero-order valence-electron chi connectivity index (χ0n) is 10.4. The summed E-state index contributed by atoms with van der Waals surface area (Å²) in [4.78, 5) is 22.4. The molecule has 98 valence electrons. The summed E-state index contributed by atoms with van der Waals surface area (Å²) in [5.74, 6) is -1.47. The first-order chi connectivity index (χ1) is 8.41. The first-order valence-corrected chi connectivity index (χ1v) is 6.48. The first-order valence-electron chi connectivity index (χ1n) is 5.69. The SMILES string of the molecule is Cc1cc(C(=O)NCCC(C)C(=O)O)ccc1Br.